The highest BCUT2D eigenvalue weighted by molar-refractivity contribution is 7.13. The van der Waals surface area contributed by atoms with Crippen molar-refractivity contribution >= 4 is 17.3 Å². The molecule has 4 heteroatoms. The van der Waals surface area contributed by atoms with Crippen LogP contribution in [0.4, 0.5) is 0 Å². The number of hydrogen-bond donors (Lipinski definition) is 1. The van der Waals surface area contributed by atoms with E-state index in [1.807, 2.05) is 6.07 Å². The lowest BCUT2D eigenvalue weighted by atomic mass is 10.1. The molecule has 2 heterocycles. The van der Waals surface area contributed by atoms with Gasteiger partial charge in [-0.05, 0) is 38.4 Å². The Hall–Kier alpha value is -0.870. The molecule has 2 rings (SSSR count). The van der Waals surface area contributed by atoms with Crippen LogP contribution < -0.4 is 0 Å². The van der Waals surface area contributed by atoms with Crippen LogP contribution in [0.15, 0.2) is 12.1 Å². The van der Waals surface area contributed by atoms with Crippen molar-refractivity contribution in [3.05, 3.63) is 21.9 Å². The lowest BCUT2D eigenvalue weighted by Crippen LogP contribution is -2.31. The zero-order valence-electron chi connectivity index (χ0n) is 10.2. The Balaban J connectivity index is 2.00. The highest BCUT2D eigenvalue weighted by Crippen LogP contribution is 2.23. The van der Waals surface area contributed by atoms with Crippen LogP contribution in [0.2, 0.25) is 0 Å². The van der Waals surface area contributed by atoms with Gasteiger partial charge in [0.1, 0.15) is 4.88 Å². The first-order valence-electron chi connectivity index (χ1n) is 6.23. The highest BCUT2D eigenvalue weighted by atomic mass is 32.1. The van der Waals surface area contributed by atoms with Crippen molar-refractivity contribution in [3.8, 4) is 0 Å². The van der Waals surface area contributed by atoms with Crippen molar-refractivity contribution in [3.63, 3.8) is 0 Å². The number of hydrogen-bond acceptors (Lipinski definition) is 3. The van der Waals surface area contributed by atoms with Crippen LogP contribution in [-0.4, -0.2) is 28.6 Å². The van der Waals surface area contributed by atoms with Gasteiger partial charge in [0.2, 0.25) is 0 Å². The number of carboxylic acids is 1. The summed E-state index contributed by atoms with van der Waals surface area (Å²) in [6.07, 6.45) is 5.17. The van der Waals surface area contributed by atoms with Gasteiger partial charge in [-0.25, -0.2) is 4.79 Å². The van der Waals surface area contributed by atoms with E-state index in [4.69, 9.17) is 5.11 Å². The first-order chi connectivity index (χ1) is 8.16. The van der Waals surface area contributed by atoms with Crippen LogP contribution in [0.3, 0.4) is 0 Å². The van der Waals surface area contributed by atoms with E-state index in [0.29, 0.717) is 10.9 Å². The summed E-state index contributed by atoms with van der Waals surface area (Å²) in [6.45, 7) is 4.32. The third-order valence-electron chi connectivity index (χ3n) is 3.42. The second-order valence-corrected chi connectivity index (χ2v) is 5.91. The Bertz CT molecular complexity index is 389. The van der Waals surface area contributed by atoms with Gasteiger partial charge in [0, 0.05) is 17.5 Å². The van der Waals surface area contributed by atoms with Crippen LogP contribution in [-0.2, 0) is 6.54 Å². The first kappa shape index (κ1) is 12.6. The van der Waals surface area contributed by atoms with E-state index in [1.165, 1.54) is 37.0 Å². The largest absolute Gasteiger partial charge is 0.477 e. The first-order valence-corrected chi connectivity index (χ1v) is 7.04. The van der Waals surface area contributed by atoms with Gasteiger partial charge in [-0.3, -0.25) is 4.90 Å². The molecule has 1 aromatic rings. The van der Waals surface area contributed by atoms with Gasteiger partial charge in [-0.1, -0.05) is 12.8 Å². The van der Waals surface area contributed by atoms with Crippen molar-refractivity contribution < 1.29 is 9.90 Å². The molecule has 0 bridgehead atoms. The molecule has 0 saturated carbocycles. The van der Waals surface area contributed by atoms with Crippen LogP contribution in [0.5, 0.6) is 0 Å². The maximum atomic E-state index is 10.8. The van der Waals surface area contributed by atoms with Gasteiger partial charge in [0.05, 0.1) is 0 Å². The Labute approximate surface area is 106 Å². The summed E-state index contributed by atoms with van der Waals surface area (Å²) in [5, 5.41) is 8.90. The number of rotatable bonds is 3. The van der Waals surface area contributed by atoms with E-state index in [0.717, 1.165) is 18.0 Å². The summed E-state index contributed by atoms with van der Waals surface area (Å²) in [4.78, 5) is 14.9. The van der Waals surface area contributed by atoms with E-state index in [2.05, 4.69) is 11.8 Å². The molecule has 1 atom stereocenters. The highest BCUT2D eigenvalue weighted by Gasteiger charge is 2.18. The Morgan fingerprint density at radius 1 is 1.47 bits per heavy atom. The molecule has 0 aromatic carbocycles. The summed E-state index contributed by atoms with van der Waals surface area (Å²) >= 11 is 1.40. The van der Waals surface area contributed by atoms with Gasteiger partial charge >= 0.3 is 5.97 Å². The molecular formula is C13H19NO2S. The molecule has 1 unspecified atom stereocenters. The zero-order valence-corrected chi connectivity index (χ0v) is 11.0. The fourth-order valence-corrected chi connectivity index (χ4v) is 3.22. The van der Waals surface area contributed by atoms with Crippen molar-refractivity contribution in [1.29, 1.82) is 0 Å². The predicted octanol–water partition coefficient (Wildman–Crippen LogP) is 3.21. The number of likely N-dealkylation sites (tertiary alicyclic amines) is 1. The molecule has 3 nitrogen and oxygen atoms in total. The predicted molar refractivity (Wildman–Crippen MR) is 69.6 cm³/mol. The van der Waals surface area contributed by atoms with Crippen molar-refractivity contribution in [2.75, 3.05) is 6.54 Å². The van der Waals surface area contributed by atoms with Crippen molar-refractivity contribution in [2.24, 2.45) is 0 Å². The summed E-state index contributed by atoms with van der Waals surface area (Å²) in [6, 6.07) is 4.28. The normalized spacial score (nSPS) is 22.3. The number of carboxylic acid groups (broad SMARTS) is 1. The Kier molecular flexibility index (Phi) is 4.18. The van der Waals surface area contributed by atoms with Gasteiger partial charge in [-0.15, -0.1) is 11.3 Å². The topological polar surface area (TPSA) is 40.5 Å². The Morgan fingerprint density at radius 3 is 3.00 bits per heavy atom. The molecule has 1 aliphatic rings. The fourth-order valence-electron chi connectivity index (χ4n) is 2.35. The fraction of sp³-hybridized carbons (Fsp3) is 0.615. The lowest BCUT2D eigenvalue weighted by molar-refractivity contribution is 0.0702. The van der Waals surface area contributed by atoms with E-state index >= 15 is 0 Å². The summed E-state index contributed by atoms with van der Waals surface area (Å²) in [5.41, 5.74) is 0. The van der Waals surface area contributed by atoms with Crippen LogP contribution >= 0.6 is 11.3 Å². The van der Waals surface area contributed by atoms with Crippen molar-refractivity contribution in [1.82, 2.24) is 4.90 Å². The summed E-state index contributed by atoms with van der Waals surface area (Å²) < 4.78 is 0. The molecule has 1 fully saturated rings. The Morgan fingerprint density at radius 2 is 2.29 bits per heavy atom. The second-order valence-electron chi connectivity index (χ2n) is 4.74. The quantitative estimate of drug-likeness (QED) is 0.899. The molecule has 0 radical (unpaired) electrons. The molecular weight excluding hydrogens is 234 g/mol. The summed E-state index contributed by atoms with van der Waals surface area (Å²) in [5.74, 6) is -0.815. The minimum Gasteiger partial charge on any atom is -0.477 e. The SMILES string of the molecule is CC1CCCCCN1Cc1ccc(C(=O)O)s1. The second kappa shape index (κ2) is 5.65. The van der Waals surface area contributed by atoms with E-state index in [9.17, 15) is 4.79 Å². The monoisotopic (exact) mass is 253 g/mol. The van der Waals surface area contributed by atoms with Crippen molar-refractivity contribution in [2.45, 2.75) is 45.2 Å². The molecule has 1 aliphatic heterocycles. The number of nitrogens with zero attached hydrogens (tertiary/aromatic N) is 1. The molecule has 17 heavy (non-hydrogen) atoms. The zero-order chi connectivity index (χ0) is 12.3. The molecule has 1 N–H and O–H groups in total. The summed E-state index contributed by atoms with van der Waals surface area (Å²) in [7, 11) is 0. The molecule has 0 spiro atoms. The van der Waals surface area contributed by atoms with E-state index < -0.39 is 5.97 Å². The third-order valence-corrected chi connectivity index (χ3v) is 4.48. The van der Waals surface area contributed by atoms with E-state index in [-0.39, 0.29) is 0 Å². The van der Waals surface area contributed by atoms with Gasteiger partial charge < -0.3 is 5.11 Å². The molecule has 0 aliphatic carbocycles. The average Bonchev–Trinajstić information content (AvgIpc) is 2.66. The van der Waals surface area contributed by atoms with E-state index in [1.54, 1.807) is 6.07 Å². The smallest absolute Gasteiger partial charge is 0.345 e. The van der Waals surface area contributed by atoms with Crippen LogP contribution in [0.1, 0.15) is 47.2 Å². The van der Waals surface area contributed by atoms with Gasteiger partial charge in [-0.2, -0.15) is 0 Å². The lowest BCUT2D eigenvalue weighted by Gasteiger charge is -2.26. The third kappa shape index (κ3) is 3.30. The average molecular weight is 253 g/mol. The molecule has 1 saturated heterocycles. The standard InChI is InChI=1S/C13H19NO2S/c1-10-5-3-2-4-8-14(10)9-11-6-7-12(17-11)13(15)16/h6-7,10H,2-5,8-9H2,1H3,(H,15,16). The van der Waals surface area contributed by atoms with Crippen LogP contribution in [0.25, 0.3) is 0 Å². The van der Waals surface area contributed by atoms with Gasteiger partial charge in [0.25, 0.3) is 0 Å². The minimum atomic E-state index is -0.815. The molecule has 1 aromatic heterocycles. The number of aromatic carboxylic acids is 1. The molecule has 0 amide bonds. The molecule has 94 valence electrons. The van der Waals surface area contributed by atoms with Crippen LogP contribution in [0, 0.1) is 0 Å². The maximum absolute atomic E-state index is 10.8. The minimum absolute atomic E-state index is 0.447. The number of thiophene rings is 1. The van der Waals surface area contributed by atoms with Gasteiger partial charge in [0.15, 0.2) is 0 Å². The maximum Gasteiger partial charge on any atom is 0.345 e. The number of carbonyl (C=O) groups is 1.